The van der Waals surface area contributed by atoms with Gasteiger partial charge in [-0.05, 0) is 6.42 Å². The van der Waals surface area contributed by atoms with Crippen molar-refractivity contribution in [3.05, 3.63) is 0 Å². The Morgan fingerprint density at radius 2 is 1.30 bits per heavy atom. The van der Waals surface area contributed by atoms with Gasteiger partial charge in [-0.25, -0.2) is 4.39 Å². The van der Waals surface area contributed by atoms with Crippen LogP contribution in [0.15, 0.2) is 0 Å². The van der Waals surface area contributed by atoms with Gasteiger partial charge in [0.25, 0.3) is 0 Å². The van der Waals surface area contributed by atoms with E-state index in [1.807, 2.05) is 6.92 Å². The molecule has 0 spiro atoms. The third-order valence-corrected chi connectivity index (χ3v) is 3.00. The highest BCUT2D eigenvalue weighted by Gasteiger charge is 2.74. The predicted molar refractivity (Wildman–Crippen MR) is 59.9 cm³/mol. The Labute approximate surface area is 113 Å². The number of halogens is 7. The van der Waals surface area contributed by atoms with Crippen LogP contribution in [0.1, 0.15) is 51.9 Å². The van der Waals surface area contributed by atoms with Gasteiger partial charge in [0.2, 0.25) is 0 Å². The summed E-state index contributed by atoms with van der Waals surface area (Å²) in [6, 6.07) is 0. The van der Waals surface area contributed by atoms with Crippen LogP contribution < -0.4 is 0 Å². The Bertz CT molecular complexity index is 275. The summed E-state index contributed by atoms with van der Waals surface area (Å²) in [7, 11) is 0. The third-order valence-electron chi connectivity index (χ3n) is 3.00. The van der Waals surface area contributed by atoms with E-state index < -0.39 is 30.5 Å². The fraction of sp³-hybridized carbons (Fsp3) is 1.00. The molecule has 122 valence electrons. The highest BCUT2D eigenvalue weighted by molar-refractivity contribution is 4.95. The summed E-state index contributed by atoms with van der Waals surface area (Å²) in [5, 5.41) is 7.77. The lowest BCUT2D eigenvalue weighted by Gasteiger charge is -2.31. The van der Waals surface area contributed by atoms with E-state index in [0.717, 1.165) is 19.3 Å². The fourth-order valence-corrected chi connectivity index (χ4v) is 1.68. The fourth-order valence-electron chi connectivity index (χ4n) is 1.68. The maximum atomic E-state index is 13.1. The highest BCUT2D eigenvalue weighted by atomic mass is 19.4. The minimum atomic E-state index is -6.14. The molecule has 0 aliphatic heterocycles. The van der Waals surface area contributed by atoms with Crippen molar-refractivity contribution < 1.29 is 35.8 Å². The molecular weight excluding hydrogens is 293 g/mol. The molecule has 0 aromatic heterocycles. The molecule has 1 nitrogen and oxygen atoms in total. The van der Waals surface area contributed by atoms with Crippen molar-refractivity contribution in [1.29, 1.82) is 0 Å². The van der Waals surface area contributed by atoms with E-state index in [0.29, 0.717) is 12.8 Å². The van der Waals surface area contributed by atoms with Gasteiger partial charge >= 0.3 is 18.0 Å². The van der Waals surface area contributed by atoms with Crippen molar-refractivity contribution in [3.8, 4) is 0 Å². The van der Waals surface area contributed by atoms with Gasteiger partial charge in [0.1, 0.15) is 0 Å². The van der Waals surface area contributed by atoms with E-state index in [2.05, 4.69) is 0 Å². The molecule has 1 atom stereocenters. The molecule has 0 aliphatic rings. The van der Waals surface area contributed by atoms with E-state index in [1.54, 1.807) is 0 Å². The smallest absolute Gasteiger partial charge is 0.331 e. The second kappa shape index (κ2) is 7.47. The molecule has 0 amide bonds. The van der Waals surface area contributed by atoms with Gasteiger partial charge in [0.05, 0.1) is 0 Å². The van der Waals surface area contributed by atoms with E-state index in [4.69, 9.17) is 5.11 Å². The van der Waals surface area contributed by atoms with Gasteiger partial charge in [0.15, 0.2) is 6.17 Å². The standard InChI is InChI=1S/C12H19F7O/c1-2-3-4-5-6-7-8-9(13)10(14,15)11(16,17)12(18,19)20/h9,20H,2-8H2,1H3. The summed E-state index contributed by atoms with van der Waals surface area (Å²) in [5.41, 5.74) is 0. The molecule has 0 aromatic rings. The van der Waals surface area contributed by atoms with Crippen LogP contribution in [0.4, 0.5) is 30.7 Å². The lowest BCUT2D eigenvalue weighted by atomic mass is 10.00. The summed E-state index contributed by atoms with van der Waals surface area (Å²) in [6.07, 6.45) is -6.78. The van der Waals surface area contributed by atoms with E-state index in [9.17, 15) is 30.7 Å². The lowest BCUT2D eigenvalue weighted by molar-refractivity contribution is -0.393. The molecule has 0 saturated heterocycles. The number of rotatable bonds is 10. The zero-order valence-electron chi connectivity index (χ0n) is 11.1. The Hall–Kier alpha value is -0.530. The summed E-state index contributed by atoms with van der Waals surface area (Å²) in [5.74, 6) is -11.8. The molecule has 0 saturated carbocycles. The molecule has 20 heavy (non-hydrogen) atoms. The molecular formula is C12H19F7O. The monoisotopic (exact) mass is 312 g/mol. The van der Waals surface area contributed by atoms with Gasteiger partial charge in [-0.3, -0.25) is 0 Å². The number of hydrogen-bond donors (Lipinski definition) is 1. The van der Waals surface area contributed by atoms with Crippen LogP contribution in [-0.2, 0) is 0 Å². The van der Waals surface area contributed by atoms with Crippen LogP contribution in [0, 0.1) is 0 Å². The van der Waals surface area contributed by atoms with Crippen LogP contribution >= 0.6 is 0 Å². The minimum Gasteiger partial charge on any atom is -0.331 e. The van der Waals surface area contributed by atoms with E-state index >= 15 is 0 Å². The molecule has 1 N–H and O–H groups in total. The molecule has 1 unspecified atom stereocenters. The summed E-state index contributed by atoms with van der Waals surface area (Å²) in [4.78, 5) is 0. The second-order valence-electron chi connectivity index (χ2n) is 4.76. The first-order chi connectivity index (χ1) is 8.98. The van der Waals surface area contributed by atoms with E-state index in [1.165, 1.54) is 0 Å². The SMILES string of the molecule is CCCCCCCCC(F)C(F)(F)C(F)(F)C(O)(F)F. The topological polar surface area (TPSA) is 20.2 Å². The molecule has 0 rings (SSSR count). The van der Waals surface area contributed by atoms with Crippen molar-refractivity contribution in [3.63, 3.8) is 0 Å². The van der Waals surface area contributed by atoms with Gasteiger partial charge in [-0.1, -0.05) is 45.4 Å². The first-order valence-electron chi connectivity index (χ1n) is 6.48. The maximum absolute atomic E-state index is 13.1. The maximum Gasteiger partial charge on any atom is 0.423 e. The summed E-state index contributed by atoms with van der Waals surface area (Å²) >= 11 is 0. The van der Waals surface area contributed by atoms with Gasteiger partial charge in [-0.2, -0.15) is 26.3 Å². The highest BCUT2D eigenvalue weighted by Crippen LogP contribution is 2.47. The quantitative estimate of drug-likeness (QED) is 0.448. The molecule has 0 aliphatic carbocycles. The average Bonchev–Trinajstić information content (AvgIpc) is 2.31. The predicted octanol–water partition coefficient (Wildman–Crippen LogP) is 4.93. The van der Waals surface area contributed by atoms with Crippen LogP contribution in [-0.4, -0.2) is 29.2 Å². The largest absolute Gasteiger partial charge is 0.423 e. The molecule has 0 fully saturated rings. The Morgan fingerprint density at radius 3 is 1.75 bits per heavy atom. The normalized spacial score (nSPS) is 15.4. The molecule has 8 heteroatoms. The minimum absolute atomic E-state index is 0.104. The van der Waals surface area contributed by atoms with Gasteiger partial charge in [-0.15, -0.1) is 0 Å². The lowest BCUT2D eigenvalue weighted by Crippen LogP contribution is -2.58. The summed E-state index contributed by atoms with van der Waals surface area (Å²) < 4.78 is 88.4. The molecule has 0 heterocycles. The zero-order valence-corrected chi connectivity index (χ0v) is 11.1. The van der Waals surface area contributed by atoms with Crippen LogP contribution in [0.2, 0.25) is 0 Å². The zero-order chi connectivity index (χ0) is 16.0. The number of alkyl halides is 7. The Balaban J connectivity index is 4.35. The second-order valence-corrected chi connectivity index (χ2v) is 4.76. The van der Waals surface area contributed by atoms with Crippen molar-refractivity contribution in [2.75, 3.05) is 0 Å². The van der Waals surface area contributed by atoms with E-state index in [-0.39, 0.29) is 6.42 Å². The first kappa shape index (κ1) is 19.5. The average molecular weight is 312 g/mol. The first-order valence-corrected chi connectivity index (χ1v) is 6.48. The molecule has 0 bridgehead atoms. The summed E-state index contributed by atoms with van der Waals surface area (Å²) in [6.45, 7) is 1.95. The Morgan fingerprint density at radius 1 is 0.850 bits per heavy atom. The van der Waals surface area contributed by atoms with Crippen LogP contribution in [0.3, 0.4) is 0 Å². The van der Waals surface area contributed by atoms with Crippen LogP contribution in [0.25, 0.3) is 0 Å². The number of unbranched alkanes of at least 4 members (excludes halogenated alkanes) is 5. The number of hydrogen-bond acceptors (Lipinski definition) is 1. The van der Waals surface area contributed by atoms with Crippen molar-refractivity contribution in [1.82, 2.24) is 0 Å². The molecule has 0 radical (unpaired) electrons. The van der Waals surface area contributed by atoms with Gasteiger partial charge in [0, 0.05) is 0 Å². The van der Waals surface area contributed by atoms with Gasteiger partial charge < -0.3 is 5.11 Å². The Kier molecular flexibility index (Phi) is 7.27. The van der Waals surface area contributed by atoms with Crippen molar-refractivity contribution in [2.45, 2.75) is 76.0 Å². The van der Waals surface area contributed by atoms with Crippen molar-refractivity contribution in [2.24, 2.45) is 0 Å². The third kappa shape index (κ3) is 4.79. The molecule has 0 aromatic carbocycles. The number of aliphatic hydroxyl groups is 1. The van der Waals surface area contributed by atoms with Crippen molar-refractivity contribution >= 4 is 0 Å². The van der Waals surface area contributed by atoms with Crippen LogP contribution in [0.5, 0.6) is 0 Å².